The second-order valence-corrected chi connectivity index (χ2v) is 6.53. The molecule has 1 unspecified atom stereocenters. The first-order chi connectivity index (χ1) is 14.9. The van der Waals surface area contributed by atoms with E-state index in [1.807, 2.05) is 48.5 Å². The van der Waals surface area contributed by atoms with Crippen molar-refractivity contribution in [2.24, 2.45) is 5.73 Å². The van der Waals surface area contributed by atoms with Crippen LogP contribution in [0.4, 0.5) is 4.79 Å². The highest BCUT2D eigenvalue weighted by Crippen LogP contribution is 2.02. The lowest BCUT2D eigenvalue weighted by Crippen LogP contribution is -2.52. The van der Waals surface area contributed by atoms with Crippen LogP contribution in [0.1, 0.15) is 11.1 Å². The van der Waals surface area contributed by atoms with Crippen LogP contribution in [0.25, 0.3) is 0 Å². The largest absolute Gasteiger partial charge is 0.445 e. The lowest BCUT2D eigenvalue weighted by atomic mass is 10.1. The number of nitrogens with one attached hydrogen (secondary N) is 4. The van der Waals surface area contributed by atoms with Gasteiger partial charge in [0.05, 0.1) is 12.6 Å². The molecular weight excluding hydrogens is 402 g/mol. The van der Waals surface area contributed by atoms with Crippen LogP contribution in [0.3, 0.4) is 0 Å². The first-order valence-corrected chi connectivity index (χ1v) is 9.53. The van der Waals surface area contributed by atoms with E-state index >= 15 is 0 Å². The van der Waals surface area contributed by atoms with Crippen LogP contribution in [0.2, 0.25) is 0 Å². The molecule has 0 aromatic heterocycles. The molecule has 2 aromatic rings. The summed E-state index contributed by atoms with van der Waals surface area (Å²) in [6, 6.07) is 17.4. The zero-order valence-electron chi connectivity index (χ0n) is 16.8. The number of hydrogen-bond acceptors (Lipinski definition) is 6. The molecule has 1 atom stereocenters. The molecule has 0 aliphatic heterocycles. The molecule has 31 heavy (non-hydrogen) atoms. The third kappa shape index (κ3) is 9.41. The molecule has 164 valence electrons. The minimum absolute atomic E-state index is 0.0722. The van der Waals surface area contributed by atoms with Crippen molar-refractivity contribution in [1.29, 1.82) is 0 Å². The number of amides is 4. The molecule has 0 aliphatic rings. The minimum Gasteiger partial charge on any atom is -0.445 e. The fraction of sp³-hybridized carbons (Fsp3) is 0.238. The highest BCUT2D eigenvalue weighted by Gasteiger charge is 2.15. The Labute approximate surface area is 179 Å². The minimum atomic E-state index is -0.844. The predicted molar refractivity (Wildman–Crippen MR) is 112 cm³/mol. The molecule has 0 heterocycles. The van der Waals surface area contributed by atoms with E-state index in [4.69, 9.17) is 10.5 Å². The number of rotatable bonds is 9. The standard InChI is InChI=1S/C21H25N5O5/c22-17(11-15-7-3-1-4-8-15)20(29)26-25-19(28)13-23-18(27)12-24-21(30)31-14-16-9-5-2-6-10-16/h1-10,17H,11-14,22H2,(H,23,27)(H,24,30)(H,25,28)(H,26,29). The first-order valence-electron chi connectivity index (χ1n) is 9.53. The Balaban J connectivity index is 1.57. The number of carbonyl (C=O) groups excluding carboxylic acids is 4. The Morgan fingerprint density at radius 3 is 2.00 bits per heavy atom. The van der Waals surface area contributed by atoms with Crippen molar-refractivity contribution in [3.63, 3.8) is 0 Å². The summed E-state index contributed by atoms with van der Waals surface area (Å²) in [5, 5.41) is 4.57. The van der Waals surface area contributed by atoms with E-state index in [0.717, 1.165) is 11.1 Å². The summed E-state index contributed by atoms with van der Waals surface area (Å²) in [5.41, 5.74) is 11.9. The average Bonchev–Trinajstić information content (AvgIpc) is 2.79. The quantitative estimate of drug-likeness (QED) is 0.348. The smallest absolute Gasteiger partial charge is 0.407 e. The molecule has 0 radical (unpaired) electrons. The van der Waals surface area contributed by atoms with Crippen molar-refractivity contribution in [3.05, 3.63) is 71.8 Å². The van der Waals surface area contributed by atoms with E-state index in [1.54, 1.807) is 12.1 Å². The van der Waals surface area contributed by atoms with Crippen molar-refractivity contribution in [1.82, 2.24) is 21.5 Å². The summed E-state index contributed by atoms with van der Waals surface area (Å²) in [7, 11) is 0. The van der Waals surface area contributed by atoms with Gasteiger partial charge in [-0.25, -0.2) is 4.79 Å². The molecule has 0 saturated heterocycles. The summed E-state index contributed by atoms with van der Waals surface area (Å²) in [4.78, 5) is 47.0. The predicted octanol–water partition coefficient (Wildman–Crippen LogP) is -0.254. The number of hydrogen-bond donors (Lipinski definition) is 5. The van der Waals surface area contributed by atoms with Gasteiger partial charge in [-0.15, -0.1) is 0 Å². The van der Waals surface area contributed by atoms with Crippen molar-refractivity contribution in [2.45, 2.75) is 19.1 Å². The Morgan fingerprint density at radius 1 is 0.774 bits per heavy atom. The molecule has 0 saturated carbocycles. The number of carbonyl (C=O) groups is 4. The van der Waals surface area contributed by atoms with Gasteiger partial charge in [-0.3, -0.25) is 25.2 Å². The van der Waals surface area contributed by atoms with Crippen LogP contribution in [0.15, 0.2) is 60.7 Å². The van der Waals surface area contributed by atoms with E-state index in [1.165, 1.54) is 0 Å². The Bertz CT molecular complexity index is 876. The molecule has 0 aliphatic carbocycles. The molecular formula is C21H25N5O5. The average molecular weight is 427 g/mol. The van der Waals surface area contributed by atoms with Crippen molar-refractivity contribution < 1.29 is 23.9 Å². The highest BCUT2D eigenvalue weighted by molar-refractivity contribution is 5.89. The van der Waals surface area contributed by atoms with Crippen molar-refractivity contribution >= 4 is 23.8 Å². The van der Waals surface area contributed by atoms with Gasteiger partial charge in [0.25, 0.3) is 11.8 Å². The number of nitrogens with two attached hydrogens (primary N) is 1. The van der Waals surface area contributed by atoms with Gasteiger partial charge in [-0.05, 0) is 17.5 Å². The van der Waals surface area contributed by atoms with Gasteiger partial charge in [0, 0.05) is 0 Å². The van der Waals surface area contributed by atoms with Gasteiger partial charge in [0.2, 0.25) is 5.91 Å². The van der Waals surface area contributed by atoms with Gasteiger partial charge in [-0.2, -0.15) is 0 Å². The van der Waals surface area contributed by atoms with Gasteiger partial charge < -0.3 is 21.1 Å². The summed E-state index contributed by atoms with van der Waals surface area (Å²) >= 11 is 0. The van der Waals surface area contributed by atoms with Crippen LogP contribution >= 0.6 is 0 Å². The molecule has 0 fully saturated rings. The van der Waals surface area contributed by atoms with Gasteiger partial charge in [0.15, 0.2) is 0 Å². The van der Waals surface area contributed by atoms with Gasteiger partial charge in [-0.1, -0.05) is 60.7 Å². The third-order valence-electron chi connectivity index (χ3n) is 4.01. The van der Waals surface area contributed by atoms with E-state index in [-0.39, 0.29) is 13.2 Å². The Hall–Kier alpha value is -3.92. The highest BCUT2D eigenvalue weighted by atomic mass is 16.5. The number of alkyl carbamates (subject to hydrolysis) is 1. The number of hydrazine groups is 1. The van der Waals surface area contributed by atoms with Crippen LogP contribution < -0.4 is 27.2 Å². The SMILES string of the molecule is NC(Cc1ccccc1)C(=O)NNC(=O)CNC(=O)CNC(=O)OCc1ccccc1. The molecule has 2 aromatic carbocycles. The van der Waals surface area contributed by atoms with Crippen LogP contribution in [0, 0.1) is 0 Å². The zero-order valence-corrected chi connectivity index (χ0v) is 16.8. The summed E-state index contributed by atoms with van der Waals surface area (Å²) in [6.45, 7) is -0.689. The molecule has 2 rings (SSSR count). The molecule has 10 nitrogen and oxygen atoms in total. The molecule has 10 heteroatoms. The molecule has 6 N–H and O–H groups in total. The Morgan fingerprint density at radius 2 is 1.35 bits per heavy atom. The second kappa shape index (κ2) is 12.6. The zero-order chi connectivity index (χ0) is 22.5. The van der Waals surface area contributed by atoms with Crippen LogP contribution in [-0.2, 0) is 32.1 Å². The van der Waals surface area contributed by atoms with E-state index in [0.29, 0.717) is 6.42 Å². The summed E-state index contributed by atoms with van der Waals surface area (Å²) < 4.78 is 4.97. The van der Waals surface area contributed by atoms with Crippen LogP contribution in [-0.4, -0.2) is 42.9 Å². The maximum Gasteiger partial charge on any atom is 0.407 e. The maximum atomic E-state index is 11.9. The summed E-state index contributed by atoms with van der Waals surface area (Å²) in [5.74, 6) is -1.81. The van der Waals surface area contributed by atoms with Gasteiger partial charge >= 0.3 is 6.09 Å². The van der Waals surface area contributed by atoms with E-state index < -0.39 is 36.4 Å². The monoisotopic (exact) mass is 427 g/mol. The van der Waals surface area contributed by atoms with Crippen molar-refractivity contribution in [3.8, 4) is 0 Å². The molecule has 0 spiro atoms. The van der Waals surface area contributed by atoms with Gasteiger partial charge in [0.1, 0.15) is 13.2 Å². The first kappa shape index (κ1) is 23.4. The van der Waals surface area contributed by atoms with E-state index in [9.17, 15) is 19.2 Å². The van der Waals surface area contributed by atoms with Crippen molar-refractivity contribution in [2.75, 3.05) is 13.1 Å². The van der Waals surface area contributed by atoms with Crippen LogP contribution in [0.5, 0.6) is 0 Å². The number of ether oxygens (including phenoxy) is 1. The Kier molecular flexibility index (Phi) is 9.50. The fourth-order valence-corrected chi connectivity index (χ4v) is 2.40. The number of benzene rings is 2. The third-order valence-corrected chi connectivity index (χ3v) is 4.01. The fourth-order valence-electron chi connectivity index (χ4n) is 2.40. The maximum absolute atomic E-state index is 11.9. The molecule has 0 bridgehead atoms. The van der Waals surface area contributed by atoms with E-state index in [2.05, 4.69) is 21.5 Å². The lowest BCUT2D eigenvalue weighted by Gasteiger charge is -2.13. The second-order valence-electron chi connectivity index (χ2n) is 6.53. The molecule has 4 amide bonds. The normalized spacial score (nSPS) is 11.0. The lowest BCUT2D eigenvalue weighted by molar-refractivity contribution is -0.130. The topological polar surface area (TPSA) is 152 Å². The summed E-state index contributed by atoms with van der Waals surface area (Å²) in [6.07, 6.45) is -0.450.